The number of anilines is 1. The SMILES string of the molecule is Cc1nnc(NC(=O)c2cc(O)ccc2[N+](=O)[O-])o1. The van der Waals surface area contributed by atoms with E-state index in [1.54, 1.807) is 0 Å². The summed E-state index contributed by atoms with van der Waals surface area (Å²) in [5, 5.41) is 29.3. The minimum absolute atomic E-state index is 0.180. The van der Waals surface area contributed by atoms with Crippen molar-refractivity contribution < 1.29 is 19.2 Å². The standard InChI is InChI=1S/C10H8N4O5/c1-5-12-13-10(19-5)11-9(16)7-4-6(15)2-3-8(7)14(17)18/h2-4,15H,1H3,(H,11,13,16). The molecule has 2 aromatic rings. The number of benzene rings is 1. The van der Waals surface area contributed by atoms with E-state index in [9.17, 15) is 20.0 Å². The third-order valence-corrected chi connectivity index (χ3v) is 2.17. The molecule has 0 spiro atoms. The summed E-state index contributed by atoms with van der Waals surface area (Å²) in [6.07, 6.45) is 0. The molecule has 0 aliphatic rings. The van der Waals surface area contributed by atoms with Crippen LogP contribution >= 0.6 is 0 Å². The molecule has 2 N–H and O–H groups in total. The van der Waals surface area contributed by atoms with Crippen LogP contribution in [0, 0.1) is 17.0 Å². The lowest BCUT2D eigenvalue weighted by Gasteiger charge is -2.02. The van der Waals surface area contributed by atoms with E-state index < -0.39 is 16.5 Å². The van der Waals surface area contributed by atoms with E-state index >= 15 is 0 Å². The lowest BCUT2D eigenvalue weighted by Crippen LogP contribution is -2.14. The Morgan fingerprint density at radius 3 is 2.79 bits per heavy atom. The predicted octanol–water partition coefficient (Wildman–Crippen LogP) is 1.24. The van der Waals surface area contributed by atoms with Gasteiger partial charge in [-0.1, -0.05) is 5.10 Å². The maximum atomic E-state index is 11.8. The van der Waals surface area contributed by atoms with E-state index in [0.717, 1.165) is 18.2 Å². The lowest BCUT2D eigenvalue weighted by molar-refractivity contribution is -0.385. The maximum Gasteiger partial charge on any atom is 0.322 e. The second kappa shape index (κ2) is 4.72. The highest BCUT2D eigenvalue weighted by Crippen LogP contribution is 2.24. The van der Waals surface area contributed by atoms with E-state index in [-0.39, 0.29) is 23.2 Å². The molecule has 19 heavy (non-hydrogen) atoms. The maximum absolute atomic E-state index is 11.8. The molecule has 2 rings (SSSR count). The van der Waals surface area contributed by atoms with Crippen LogP contribution in [0.5, 0.6) is 5.75 Å². The van der Waals surface area contributed by atoms with Crippen LogP contribution in [0.15, 0.2) is 22.6 Å². The average Bonchev–Trinajstić information content (AvgIpc) is 2.74. The number of nitrogens with one attached hydrogen (secondary N) is 1. The number of aryl methyl sites for hydroxylation is 1. The van der Waals surface area contributed by atoms with Gasteiger partial charge in [0.2, 0.25) is 5.89 Å². The minimum atomic E-state index is -0.828. The molecule has 0 fully saturated rings. The molecule has 0 unspecified atom stereocenters. The van der Waals surface area contributed by atoms with Crippen molar-refractivity contribution in [3.05, 3.63) is 39.8 Å². The molecule has 0 saturated carbocycles. The molecule has 98 valence electrons. The van der Waals surface area contributed by atoms with Gasteiger partial charge < -0.3 is 9.52 Å². The van der Waals surface area contributed by atoms with Crippen molar-refractivity contribution in [3.63, 3.8) is 0 Å². The molecule has 0 atom stereocenters. The summed E-state index contributed by atoms with van der Waals surface area (Å²) in [4.78, 5) is 21.9. The minimum Gasteiger partial charge on any atom is -0.508 e. The first-order chi connectivity index (χ1) is 8.97. The Balaban J connectivity index is 2.32. The molecule has 1 aromatic heterocycles. The summed E-state index contributed by atoms with van der Waals surface area (Å²) in [6, 6.07) is 2.95. The van der Waals surface area contributed by atoms with Crippen LogP contribution in [0.4, 0.5) is 11.7 Å². The highest BCUT2D eigenvalue weighted by molar-refractivity contribution is 6.06. The monoisotopic (exact) mass is 264 g/mol. The van der Waals surface area contributed by atoms with Gasteiger partial charge in [-0.05, 0) is 12.1 Å². The highest BCUT2D eigenvalue weighted by atomic mass is 16.6. The summed E-state index contributed by atoms with van der Waals surface area (Å²) >= 11 is 0. The summed E-state index contributed by atoms with van der Waals surface area (Å²) in [5.41, 5.74) is -0.743. The van der Waals surface area contributed by atoms with Crippen LogP contribution < -0.4 is 5.32 Å². The topological polar surface area (TPSA) is 131 Å². The number of carbonyl (C=O) groups is 1. The van der Waals surface area contributed by atoms with Crippen molar-refractivity contribution in [2.45, 2.75) is 6.92 Å². The van der Waals surface area contributed by atoms with Crippen molar-refractivity contribution >= 4 is 17.6 Å². The molecular formula is C10H8N4O5. The number of hydrogen-bond donors (Lipinski definition) is 2. The summed E-state index contributed by atoms with van der Waals surface area (Å²) in [7, 11) is 0. The summed E-state index contributed by atoms with van der Waals surface area (Å²) in [5.74, 6) is -0.857. The van der Waals surface area contributed by atoms with E-state index in [2.05, 4.69) is 15.5 Å². The number of nitro benzene ring substituents is 1. The average molecular weight is 264 g/mol. The molecule has 9 heteroatoms. The van der Waals surface area contributed by atoms with Crippen molar-refractivity contribution in [2.75, 3.05) is 5.32 Å². The molecular weight excluding hydrogens is 256 g/mol. The van der Waals surface area contributed by atoms with Crippen molar-refractivity contribution in [1.82, 2.24) is 10.2 Å². The molecule has 1 aromatic carbocycles. The first kappa shape index (κ1) is 12.5. The lowest BCUT2D eigenvalue weighted by atomic mass is 10.1. The van der Waals surface area contributed by atoms with Crippen molar-refractivity contribution in [2.24, 2.45) is 0 Å². The van der Waals surface area contributed by atoms with Gasteiger partial charge in [-0.3, -0.25) is 20.2 Å². The fourth-order valence-corrected chi connectivity index (χ4v) is 1.38. The van der Waals surface area contributed by atoms with Crippen LogP contribution in [-0.4, -0.2) is 26.1 Å². The van der Waals surface area contributed by atoms with E-state index in [4.69, 9.17) is 4.42 Å². The Bertz CT molecular complexity index is 651. The smallest absolute Gasteiger partial charge is 0.322 e. The second-order valence-corrected chi connectivity index (χ2v) is 3.54. The number of aromatic nitrogens is 2. The van der Waals surface area contributed by atoms with Gasteiger partial charge in [0.25, 0.3) is 11.6 Å². The number of phenolic OH excluding ortho intramolecular Hbond substituents is 1. The number of aromatic hydroxyl groups is 1. The zero-order valence-corrected chi connectivity index (χ0v) is 9.65. The first-order valence-electron chi connectivity index (χ1n) is 5.06. The summed E-state index contributed by atoms with van der Waals surface area (Å²) < 4.78 is 4.92. The molecule has 0 aliphatic carbocycles. The molecule has 0 bridgehead atoms. The Morgan fingerprint density at radius 2 is 2.21 bits per heavy atom. The van der Waals surface area contributed by atoms with Crippen LogP contribution in [0.2, 0.25) is 0 Å². The van der Waals surface area contributed by atoms with Gasteiger partial charge in [0.05, 0.1) is 4.92 Å². The van der Waals surface area contributed by atoms with Gasteiger partial charge in [0.15, 0.2) is 0 Å². The van der Waals surface area contributed by atoms with Gasteiger partial charge in [0, 0.05) is 13.0 Å². The third kappa shape index (κ3) is 2.65. The quantitative estimate of drug-likeness (QED) is 0.629. The van der Waals surface area contributed by atoms with Gasteiger partial charge in [-0.25, -0.2) is 0 Å². The normalized spacial score (nSPS) is 10.2. The predicted molar refractivity (Wildman–Crippen MR) is 61.7 cm³/mol. The number of carbonyl (C=O) groups excluding carboxylic acids is 1. The van der Waals surface area contributed by atoms with Crippen LogP contribution in [0.3, 0.4) is 0 Å². The Hall–Kier alpha value is -2.97. The molecule has 0 radical (unpaired) electrons. The van der Waals surface area contributed by atoms with Crippen molar-refractivity contribution in [1.29, 1.82) is 0 Å². The van der Waals surface area contributed by atoms with E-state index in [0.29, 0.717) is 0 Å². The number of phenols is 1. The highest BCUT2D eigenvalue weighted by Gasteiger charge is 2.22. The zero-order chi connectivity index (χ0) is 14.0. The van der Waals surface area contributed by atoms with Crippen LogP contribution in [0.25, 0.3) is 0 Å². The van der Waals surface area contributed by atoms with Crippen LogP contribution in [-0.2, 0) is 0 Å². The molecule has 9 nitrogen and oxygen atoms in total. The zero-order valence-electron chi connectivity index (χ0n) is 9.65. The number of nitrogens with zero attached hydrogens (tertiary/aromatic N) is 3. The fraction of sp³-hybridized carbons (Fsp3) is 0.100. The number of amides is 1. The fourth-order valence-electron chi connectivity index (χ4n) is 1.38. The third-order valence-electron chi connectivity index (χ3n) is 2.17. The Labute approximate surface area is 106 Å². The van der Waals surface area contributed by atoms with E-state index in [1.165, 1.54) is 6.92 Å². The molecule has 0 saturated heterocycles. The van der Waals surface area contributed by atoms with E-state index in [1.807, 2.05) is 0 Å². The van der Waals surface area contributed by atoms with Gasteiger partial charge >= 0.3 is 6.01 Å². The van der Waals surface area contributed by atoms with Crippen molar-refractivity contribution in [3.8, 4) is 5.75 Å². The van der Waals surface area contributed by atoms with Crippen LogP contribution in [0.1, 0.15) is 16.2 Å². The number of hydrogen-bond acceptors (Lipinski definition) is 7. The molecule has 1 heterocycles. The Kier molecular flexibility index (Phi) is 3.10. The Morgan fingerprint density at radius 1 is 1.47 bits per heavy atom. The van der Waals surface area contributed by atoms with Gasteiger partial charge in [-0.15, -0.1) is 5.10 Å². The first-order valence-corrected chi connectivity index (χ1v) is 5.06. The van der Waals surface area contributed by atoms with Gasteiger partial charge in [0.1, 0.15) is 11.3 Å². The number of rotatable bonds is 3. The second-order valence-electron chi connectivity index (χ2n) is 3.54. The largest absolute Gasteiger partial charge is 0.508 e. The van der Waals surface area contributed by atoms with Gasteiger partial charge in [-0.2, -0.15) is 0 Å². The molecule has 1 amide bonds. The summed E-state index contributed by atoms with van der Waals surface area (Å²) in [6.45, 7) is 1.53. The number of nitro groups is 1. The molecule has 0 aliphatic heterocycles.